The van der Waals surface area contributed by atoms with Crippen molar-refractivity contribution in [2.24, 2.45) is 0 Å². The lowest BCUT2D eigenvalue weighted by Crippen LogP contribution is -2.32. The predicted molar refractivity (Wildman–Crippen MR) is 108 cm³/mol. The number of fused-ring (bicyclic) bond motifs is 1. The van der Waals surface area contributed by atoms with Gasteiger partial charge in [-0.05, 0) is 43.0 Å². The Kier molecular flexibility index (Phi) is 6.34. The van der Waals surface area contributed by atoms with E-state index in [0.717, 1.165) is 43.1 Å². The lowest BCUT2D eigenvalue weighted by molar-refractivity contribution is 0.0947. The highest BCUT2D eigenvalue weighted by Crippen LogP contribution is 2.34. The average molecular weight is 384 g/mol. The number of carbonyl (C=O) groups is 1. The number of carbonyl (C=O) groups excluding carboxylic acids is 1. The fraction of sp³-hybridized carbons (Fsp3) is 0.476. The van der Waals surface area contributed by atoms with Crippen molar-refractivity contribution in [1.82, 2.24) is 15.3 Å². The predicted octanol–water partition coefficient (Wildman–Crippen LogP) is 2.89. The Morgan fingerprint density at radius 2 is 1.86 bits per heavy atom. The van der Waals surface area contributed by atoms with Crippen molar-refractivity contribution in [2.45, 2.75) is 39.7 Å². The number of rotatable bonds is 7. The summed E-state index contributed by atoms with van der Waals surface area (Å²) in [5, 5.41) is 2.92. The zero-order chi connectivity index (χ0) is 20.1. The van der Waals surface area contributed by atoms with Crippen LogP contribution in [0.4, 0.5) is 5.82 Å². The van der Waals surface area contributed by atoms with Gasteiger partial charge in [0, 0.05) is 25.7 Å². The number of aromatic nitrogens is 2. The standard InChI is InChI=1S/C21H28N4O3/c1-5-6-8-22-21(26)17-12-20(24-14(2)23-17)25-9-7-15-10-18(27-3)19(28-4)11-16(15)13-25/h10-12H,5-9,13H2,1-4H3,(H,22,26). The van der Waals surface area contributed by atoms with Crippen LogP contribution < -0.4 is 19.7 Å². The molecule has 7 nitrogen and oxygen atoms in total. The highest BCUT2D eigenvalue weighted by atomic mass is 16.5. The molecule has 1 aromatic carbocycles. The minimum Gasteiger partial charge on any atom is -0.493 e. The fourth-order valence-corrected chi connectivity index (χ4v) is 3.38. The Morgan fingerprint density at radius 3 is 2.54 bits per heavy atom. The lowest BCUT2D eigenvalue weighted by Gasteiger charge is -2.30. The zero-order valence-electron chi connectivity index (χ0n) is 17.0. The van der Waals surface area contributed by atoms with E-state index in [1.807, 2.05) is 19.1 Å². The van der Waals surface area contributed by atoms with Crippen molar-refractivity contribution in [3.8, 4) is 11.5 Å². The number of hydrogen-bond acceptors (Lipinski definition) is 6. The summed E-state index contributed by atoms with van der Waals surface area (Å²) < 4.78 is 10.8. The number of nitrogens with one attached hydrogen (secondary N) is 1. The van der Waals surface area contributed by atoms with Gasteiger partial charge in [0.2, 0.25) is 0 Å². The Balaban J connectivity index is 1.82. The Labute approximate surface area is 166 Å². The smallest absolute Gasteiger partial charge is 0.270 e. The number of nitrogens with zero attached hydrogens (tertiary/aromatic N) is 3. The van der Waals surface area contributed by atoms with Crippen LogP contribution in [0.3, 0.4) is 0 Å². The molecule has 1 aliphatic rings. The topological polar surface area (TPSA) is 76.6 Å². The number of benzene rings is 1. The number of ether oxygens (including phenoxy) is 2. The van der Waals surface area contributed by atoms with E-state index < -0.39 is 0 Å². The molecular formula is C21H28N4O3. The highest BCUT2D eigenvalue weighted by molar-refractivity contribution is 5.92. The number of anilines is 1. The van der Waals surface area contributed by atoms with E-state index in [1.54, 1.807) is 20.3 Å². The first-order valence-electron chi connectivity index (χ1n) is 9.68. The van der Waals surface area contributed by atoms with E-state index in [4.69, 9.17) is 9.47 Å². The van der Waals surface area contributed by atoms with Gasteiger partial charge in [-0.15, -0.1) is 0 Å². The monoisotopic (exact) mass is 384 g/mol. The third-order valence-electron chi connectivity index (χ3n) is 4.91. The normalized spacial score (nSPS) is 13.1. The van der Waals surface area contributed by atoms with Gasteiger partial charge >= 0.3 is 0 Å². The second-order valence-corrected chi connectivity index (χ2v) is 6.92. The van der Waals surface area contributed by atoms with E-state index in [1.165, 1.54) is 11.1 Å². The maximum Gasteiger partial charge on any atom is 0.270 e. The lowest BCUT2D eigenvalue weighted by atomic mass is 9.98. The molecular weight excluding hydrogens is 356 g/mol. The number of aryl methyl sites for hydroxylation is 1. The Hall–Kier alpha value is -2.83. The van der Waals surface area contributed by atoms with Gasteiger partial charge in [-0.2, -0.15) is 0 Å². The molecule has 1 aromatic heterocycles. The van der Waals surface area contributed by atoms with E-state index >= 15 is 0 Å². The summed E-state index contributed by atoms with van der Waals surface area (Å²) in [6.45, 7) is 6.08. The molecule has 0 fully saturated rings. The van der Waals surface area contributed by atoms with E-state index in [0.29, 0.717) is 24.6 Å². The van der Waals surface area contributed by atoms with Crippen LogP contribution >= 0.6 is 0 Å². The molecule has 150 valence electrons. The summed E-state index contributed by atoms with van der Waals surface area (Å²) >= 11 is 0. The summed E-state index contributed by atoms with van der Waals surface area (Å²) in [5.74, 6) is 2.69. The van der Waals surface area contributed by atoms with Crippen LogP contribution in [-0.4, -0.2) is 43.2 Å². The first kappa shape index (κ1) is 19.9. The average Bonchev–Trinajstić information content (AvgIpc) is 2.71. The van der Waals surface area contributed by atoms with Gasteiger partial charge in [0.15, 0.2) is 11.5 Å². The maximum absolute atomic E-state index is 12.4. The molecule has 0 unspecified atom stereocenters. The molecule has 0 atom stereocenters. The minimum absolute atomic E-state index is 0.149. The number of methoxy groups -OCH3 is 2. The molecule has 1 N–H and O–H groups in total. The van der Waals surface area contributed by atoms with Crippen LogP contribution in [0.1, 0.15) is 47.2 Å². The van der Waals surface area contributed by atoms with Crippen LogP contribution in [-0.2, 0) is 13.0 Å². The van der Waals surface area contributed by atoms with Gasteiger partial charge in [0.25, 0.3) is 5.91 Å². The Bertz CT molecular complexity index is 854. The van der Waals surface area contributed by atoms with Gasteiger partial charge in [-0.25, -0.2) is 9.97 Å². The van der Waals surface area contributed by atoms with Crippen molar-refractivity contribution in [3.05, 3.63) is 40.8 Å². The van der Waals surface area contributed by atoms with E-state index in [9.17, 15) is 4.79 Å². The number of hydrogen-bond donors (Lipinski definition) is 1. The summed E-state index contributed by atoms with van der Waals surface area (Å²) in [6, 6.07) is 5.84. The van der Waals surface area contributed by atoms with Crippen molar-refractivity contribution in [1.29, 1.82) is 0 Å². The summed E-state index contributed by atoms with van der Waals surface area (Å²) in [4.78, 5) is 23.5. The summed E-state index contributed by atoms with van der Waals surface area (Å²) in [5.41, 5.74) is 2.84. The molecule has 28 heavy (non-hydrogen) atoms. The van der Waals surface area contributed by atoms with Crippen molar-refractivity contribution in [3.63, 3.8) is 0 Å². The molecule has 0 spiro atoms. The quantitative estimate of drug-likeness (QED) is 0.740. The molecule has 1 amide bonds. The van der Waals surface area contributed by atoms with Crippen LogP contribution in [0.5, 0.6) is 11.5 Å². The SMILES string of the molecule is CCCCNC(=O)c1cc(N2CCc3cc(OC)c(OC)cc3C2)nc(C)n1. The third-order valence-corrected chi connectivity index (χ3v) is 4.91. The van der Waals surface area contributed by atoms with Gasteiger partial charge in [-0.1, -0.05) is 13.3 Å². The molecule has 0 saturated carbocycles. The first-order valence-corrected chi connectivity index (χ1v) is 9.68. The van der Waals surface area contributed by atoms with Crippen molar-refractivity contribution < 1.29 is 14.3 Å². The van der Waals surface area contributed by atoms with Crippen LogP contribution in [0, 0.1) is 6.92 Å². The zero-order valence-corrected chi connectivity index (χ0v) is 17.0. The van der Waals surface area contributed by atoms with E-state index in [2.05, 4.69) is 27.1 Å². The van der Waals surface area contributed by atoms with Crippen molar-refractivity contribution in [2.75, 3.05) is 32.2 Å². The largest absolute Gasteiger partial charge is 0.493 e. The van der Waals surface area contributed by atoms with Crippen LogP contribution in [0.2, 0.25) is 0 Å². The minimum atomic E-state index is -0.149. The highest BCUT2D eigenvalue weighted by Gasteiger charge is 2.22. The van der Waals surface area contributed by atoms with Gasteiger partial charge < -0.3 is 19.7 Å². The van der Waals surface area contributed by atoms with Gasteiger partial charge in [0.1, 0.15) is 17.3 Å². The molecule has 7 heteroatoms. The second kappa shape index (κ2) is 8.91. The molecule has 0 bridgehead atoms. The molecule has 1 aliphatic heterocycles. The Morgan fingerprint density at radius 1 is 1.14 bits per heavy atom. The molecule has 2 aromatic rings. The molecule has 0 saturated heterocycles. The molecule has 0 aliphatic carbocycles. The number of unbranched alkanes of at least 4 members (excludes halogenated alkanes) is 1. The van der Waals surface area contributed by atoms with Gasteiger partial charge in [0.05, 0.1) is 14.2 Å². The van der Waals surface area contributed by atoms with Crippen LogP contribution in [0.25, 0.3) is 0 Å². The second-order valence-electron chi connectivity index (χ2n) is 6.92. The van der Waals surface area contributed by atoms with Crippen molar-refractivity contribution >= 4 is 11.7 Å². The fourth-order valence-electron chi connectivity index (χ4n) is 3.38. The first-order chi connectivity index (χ1) is 13.5. The molecule has 2 heterocycles. The van der Waals surface area contributed by atoms with Gasteiger partial charge in [-0.3, -0.25) is 4.79 Å². The third kappa shape index (κ3) is 4.35. The maximum atomic E-state index is 12.4. The summed E-state index contributed by atoms with van der Waals surface area (Å²) in [6.07, 6.45) is 2.86. The number of amides is 1. The molecule has 3 rings (SSSR count). The summed E-state index contributed by atoms with van der Waals surface area (Å²) in [7, 11) is 3.29. The van der Waals surface area contributed by atoms with E-state index in [-0.39, 0.29) is 5.91 Å². The van der Waals surface area contributed by atoms with Crippen LogP contribution in [0.15, 0.2) is 18.2 Å². The molecule has 0 radical (unpaired) electrons.